The summed E-state index contributed by atoms with van der Waals surface area (Å²) in [4.78, 5) is 22.1. The van der Waals surface area contributed by atoms with Crippen LogP contribution in [0.15, 0.2) is 48.5 Å². The summed E-state index contributed by atoms with van der Waals surface area (Å²) in [6.45, 7) is -0.215. The number of nitrogens with zero attached hydrogens (tertiary/aromatic N) is 1. The fourth-order valence-corrected chi connectivity index (χ4v) is 2.28. The molecule has 7 heteroatoms. The lowest BCUT2D eigenvalue weighted by atomic mass is 10.1. The van der Waals surface area contributed by atoms with Gasteiger partial charge >= 0.3 is 0 Å². The summed E-state index contributed by atoms with van der Waals surface area (Å²) in [7, 11) is 0. The number of phenols is 1. The van der Waals surface area contributed by atoms with Gasteiger partial charge in [0, 0.05) is 12.1 Å². The van der Waals surface area contributed by atoms with Crippen LogP contribution in [0.4, 0.5) is 5.69 Å². The summed E-state index contributed by atoms with van der Waals surface area (Å²) in [6, 6.07) is 11.9. The number of aromatic hydroxyl groups is 1. The Morgan fingerprint density at radius 3 is 2.21 bits per heavy atom. The predicted octanol–water partition coefficient (Wildman–Crippen LogP) is 1.56. The summed E-state index contributed by atoms with van der Waals surface area (Å²) in [5.74, 6) is -0.122. The van der Waals surface area contributed by atoms with Crippen molar-refractivity contribution in [2.45, 2.75) is 18.9 Å². The predicted molar refractivity (Wildman–Crippen MR) is 87.6 cm³/mol. The number of amides is 1. The molecule has 126 valence electrons. The molecule has 0 saturated carbocycles. The van der Waals surface area contributed by atoms with Crippen LogP contribution in [0, 0.1) is 10.1 Å². The number of nitro benzene ring substituents is 1. The van der Waals surface area contributed by atoms with E-state index in [9.17, 15) is 25.1 Å². The van der Waals surface area contributed by atoms with Gasteiger partial charge in [-0.3, -0.25) is 14.9 Å². The summed E-state index contributed by atoms with van der Waals surface area (Å²) in [5.41, 5.74) is 1.50. The number of carbonyl (C=O) groups is 1. The number of aliphatic hydroxyl groups is 1. The highest BCUT2D eigenvalue weighted by molar-refractivity contribution is 5.79. The molecule has 0 aliphatic carbocycles. The Labute approximate surface area is 138 Å². The number of phenolic OH excluding ortho intramolecular Hbond substituents is 1. The second kappa shape index (κ2) is 8.07. The second-order valence-electron chi connectivity index (χ2n) is 5.42. The van der Waals surface area contributed by atoms with Gasteiger partial charge in [0.1, 0.15) is 5.75 Å². The SMILES string of the molecule is O=C(Cc1ccc([N+](=O)[O-])cc1)N[C@H](CO)Cc1ccc(O)cc1. The molecule has 1 atom stereocenters. The molecule has 1 amide bonds. The van der Waals surface area contributed by atoms with Crippen molar-refractivity contribution < 1.29 is 19.9 Å². The Bertz CT molecular complexity index is 698. The van der Waals surface area contributed by atoms with Crippen LogP contribution < -0.4 is 5.32 Å². The molecule has 0 saturated heterocycles. The molecule has 24 heavy (non-hydrogen) atoms. The van der Waals surface area contributed by atoms with Gasteiger partial charge in [-0.15, -0.1) is 0 Å². The zero-order valence-electron chi connectivity index (χ0n) is 12.9. The molecule has 0 unspecified atom stereocenters. The molecule has 0 aliphatic heterocycles. The van der Waals surface area contributed by atoms with Crippen LogP contribution in [-0.2, 0) is 17.6 Å². The van der Waals surface area contributed by atoms with E-state index in [1.165, 1.54) is 24.3 Å². The quantitative estimate of drug-likeness (QED) is 0.527. The first-order chi connectivity index (χ1) is 11.5. The first-order valence-electron chi connectivity index (χ1n) is 7.39. The van der Waals surface area contributed by atoms with E-state index >= 15 is 0 Å². The van der Waals surface area contributed by atoms with Crippen molar-refractivity contribution in [3.05, 3.63) is 69.8 Å². The average molecular weight is 330 g/mol. The topological polar surface area (TPSA) is 113 Å². The zero-order chi connectivity index (χ0) is 17.5. The fraction of sp³-hybridized carbons (Fsp3) is 0.235. The number of non-ortho nitro benzene ring substituents is 1. The van der Waals surface area contributed by atoms with Gasteiger partial charge in [-0.25, -0.2) is 0 Å². The summed E-state index contributed by atoms with van der Waals surface area (Å²) in [5, 5.41) is 32.0. The van der Waals surface area contributed by atoms with Gasteiger partial charge < -0.3 is 15.5 Å². The first-order valence-corrected chi connectivity index (χ1v) is 7.39. The highest BCUT2D eigenvalue weighted by atomic mass is 16.6. The molecule has 7 nitrogen and oxygen atoms in total. The summed E-state index contributed by atoms with van der Waals surface area (Å²) < 4.78 is 0. The Morgan fingerprint density at radius 1 is 1.08 bits per heavy atom. The van der Waals surface area contributed by atoms with E-state index in [2.05, 4.69) is 5.32 Å². The van der Waals surface area contributed by atoms with Crippen LogP contribution in [0.5, 0.6) is 5.75 Å². The lowest BCUT2D eigenvalue weighted by molar-refractivity contribution is -0.384. The van der Waals surface area contributed by atoms with Crippen LogP contribution in [0.1, 0.15) is 11.1 Å². The van der Waals surface area contributed by atoms with Crippen LogP contribution in [0.25, 0.3) is 0 Å². The smallest absolute Gasteiger partial charge is 0.269 e. The highest BCUT2D eigenvalue weighted by Crippen LogP contribution is 2.13. The van der Waals surface area contributed by atoms with Gasteiger partial charge in [-0.2, -0.15) is 0 Å². The number of hydrogen-bond donors (Lipinski definition) is 3. The molecule has 0 aliphatic rings. The molecule has 3 N–H and O–H groups in total. The molecule has 2 aromatic carbocycles. The number of aliphatic hydroxyl groups excluding tert-OH is 1. The molecule has 0 bridgehead atoms. The van der Waals surface area contributed by atoms with Gasteiger partial charge in [-0.1, -0.05) is 24.3 Å². The minimum atomic E-state index is -0.497. The first kappa shape index (κ1) is 17.4. The van der Waals surface area contributed by atoms with E-state index in [-0.39, 0.29) is 30.4 Å². The third-order valence-corrected chi connectivity index (χ3v) is 3.52. The van der Waals surface area contributed by atoms with Gasteiger partial charge in [-0.05, 0) is 29.7 Å². The number of benzene rings is 2. The van der Waals surface area contributed by atoms with Crippen molar-refractivity contribution >= 4 is 11.6 Å². The molecular weight excluding hydrogens is 312 g/mol. The van der Waals surface area contributed by atoms with Crippen LogP contribution in [0.3, 0.4) is 0 Å². The number of nitrogens with one attached hydrogen (secondary N) is 1. The normalized spacial score (nSPS) is 11.7. The van der Waals surface area contributed by atoms with Crippen molar-refractivity contribution in [1.82, 2.24) is 5.32 Å². The molecule has 2 rings (SSSR count). The zero-order valence-corrected chi connectivity index (χ0v) is 12.9. The Kier molecular flexibility index (Phi) is 5.86. The molecule has 0 radical (unpaired) electrons. The molecule has 0 spiro atoms. The monoisotopic (exact) mass is 330 g/mol. The molecular formula is C17H18N2O5. The minimum absolute atomic E-state index is 0.0280. The van der Waals surface area contributed by atoms with Crippen molar-refractivity contribution in [3.63, 3.8) is 0 Å². The number of hydrogen-bond acceptors (Lipinski definition) is 5. The van der Waals surface area contributed by atoms with Crippen molar-refractivity contribution in [2.75, 3.05) is 6.61 Å². The van der Waals surface area contributed by atoms with Gasteiger partial charge in [0.25, 0.3) is 5.69 Å². The van der Waals surface area contributed by atoms with Crippen LogP contribution in [-0.4, -0.2) is 33.7 Å². The highest BCUT2D eigenvalue weighted by Gasteiger charge is 2.13. The Hall–Kier alpha value is -2.93. The van der Waals surface area contributed by atoms with E-state index in [0.29, 0.717) is 12.0 Å². The lowest BCUT2D eigenvalue weighted by Gasteiger charge is -2.16. The lowest BCUT2D eigenvalue weighted by Crippen LogP contribution is -2.39. The maximum atomic E-state index is 12.0. The molecule has 0 heterocycles. The average Bonchev–Trinajstić information content (AvgIpc) is 2.56. The second-order valence-corrected chi connectivity index (χ2v) is 5.42. The summed E-state index contributed by atoms with van der Waals surface area (Å²) >= 11 is 0. The van der Waals surface area contributed by atoms with E-state index < -0.39 is 11.0 Å². The maximum absolute atomic E-state index is 12.0. The van der Waals surface area contributed by atoms with Gasteiger partial charge in [0.05, 0.1) is 24.0 Å². The largest absolute Gasteiger partial charge is 0.508 e. The third kappa shape index (κ3) is 5.06. The third-order valence-electron chi connectivity index (χ3n) is 3.52. The molecule has 0 fully saturated rings. The van der Waals surface area contributed by atoms with Crippen LogP contribution in [0.2, 0.25) is 0 Å². The Morgan fingerprint density at radius 2 is 1.67 bits per heavy atom. The number of rotatable bonds is 7. The maximum Gasteiger partial charge on any atom is 0.269 e. The number of nitro groups is 1. The van der Waals surface area contributed by atoms with E-state index in [1.807, 2.05) is 0 Å². The van der Waals surface area contributed by atoms with Crippen molar-refractivity contribution in [1.29, 1.82) is 0 Å². The Balaban J connectivity index is 1.91. The minimum Gasteiger partial charge on any atom is -0.508 e. The molecule has 2 aromatic rings. The van der Waals surface area contributed by atoms with Crippen LogP contribution >= 0.6 is 0 Å². The van der Waals surface area contributed by atoms with E-state index in [1.54, 1.807) is 24.3 Å². The van der Waals surface area contributed by atoms with Gasteiger partial charge in [0.2, 0.25) is 5.91 Å². The molecule has 0 aromatic heterocycles. The number of carbonyl (C=O) groups excluding carboxylic acids is 1. The fourth-order valence-electron chi connectivity index (χ4n) is 2.28. The summed E-state index contributed by atoms with van der Waals surface area (Å²) in [6.07, 6.45) is 0.507. The van der Waals surface area contributed by atoms with Crippen molar-refractivity contribution in [3.8, 4) is 5.75 Å². The van der Waals surface area contributed by atoms with Gasteiger partial charge in [0.15, 0.2) is 0 Å². The van der Waals surface area contributed by atoms with E-state index in [0.717, 1.165) is 5.56 Å². The van der Waals surface area contributed by atoms with Crippen molar-refractivity contribution in [2.24, 2.45) is 0 Å². The standard InChI is InChI=1S/C17H18N2O5/c20-11-14(9-12-3-7-16(21)8-4-12)18-17(22)10-13-1-5-15(6-2-13)19(23)24/h1-8,14,20-21H,9-11H2,(H,18,22)/t14-/m0/s1. The van der Waals surface area contributed by atoms with E-state index in [4.69, 9.17) is 0 Å².